The van der Waals surface area contributed by atoms with Crippen LogP contribution in [0.3, 0.4) is 0 Å². The molecule has 1 aliphatic carbocycles. The van der Waals surface area contributed by atoms with Crippen molar-refractivity contribution in [3.05, 3.63) is 0 Å². The monoisotopic (exact) mass is 238 g/mol. The molecule has 0 bridgehead atoms. The van der Waals surface area contributed by atoms with Crippen molar-refractivity contribution in [2.75, 3.05) is 0 Å². The minimum atomic E-state index is 0.896. The molecule has 1 rings (SSSR count). The third kappa shape index (κ3) is 2.10. The van der Waals surface area contributed by atoms with Gasteiger partial charge in [-0.3, -0.25) is 0 Å². The minimum Gasteiger partial charge on any atom is -0.0826 e. The van der Waals surface area contributed by atoms with Gasteiger partial charge in [-0.15, -0.1) is 0 Å². The smallest absolute Gasteiger partial charge is 0.0110 e. The van der Waals surface area contributed by atoms with E-state index in [2.05, 4.69) is 36.4 Å². The maximum Gasteiger partial charge on any atom is 0.0110 e. The summed E-state index contributed by atoms with van der Waals surface area (Å²) in [7, 11) is 0. The first kappa shape index (κ1) is 7.83. The number of halogens is 1. The van der Waals surface area contributed by atoms with Crippen molar-refractivity contribution < 1.29 is 0 Å². The van der Waals surface area contributed by atoms with Gasteiger partial charge in [0, 0.05) is 3.92 Å². The summed E-state index contributed by atoms with van der Waals surface area (Å²) in [6.45, 7) is 4.71. The molecule has 1 saturated carbocycles. The fourth-order valence-corrected chi connectivity index (χ4v) is 2.32. The third-order valence-electron chi connectivity index (χ3n) is 2.38. The fourth-order valence-electron chi connectivity index (χ4n) is 1.67. The zero-order valence-electron chi connectivity index (χ0n) is 6.23. The highest BCUT2D eigenvalue weighted by Gasteiger charge is 2.23. The van der Waals surface area contributed by atoms with E-state index in [1.807, 2.05) is 0 Å². The predicted molar refractivity (Wildman–Crippen MR) is 50.0 cm³/mol. The molecule has 0 amide bonds. The van der Waals surface area contributed by atoms with E-state index in [4.69, 9.17) is 0 Å². The van der Waals surface area contributed by atoms with Crippen LogP contribution in [0, 0.1) is 11.8 Å². The van der Waals surface area contributed by atoms with E-state index in [1.165, 1.54) is 19.3 Å². The molecule has 2 unspecified atom stereocenters. The first-order valence-electron chi connectivity index (χ1n) is 3.84. The van der Waals surface area contributed by atoms with Crippen molar-refractivity contribution in [2.45, 2.75) is 37.0 Å². The van der Waals surface area contributed by atoms with Crippen LogP contribution in [-0.2, 0) is 0 Å². The SMILES string of the molecule is CC(I)C1CC[C@H](C)C1. The van der Waals surface area contributed by atoms with Crippen LogP contribution in [0.4, 0.5) is 0 Å². The van der Waals surface area contributed by atoms with Gasteiger partial charge in [0.05, 0.1) is 0 Å². The standard InChI is InChI=1S/C8H15I/c1-6-3-4-8(5-6)7(2)9/h6-8H,3-5H2,1-2H3/t6-,7?,8?/m0/s1. The quantitative estimate of drug-likeness (QED) is 0.486. The molecule has 0 aromatic rings. The lowest BCUT2D eigenvalue weighted by Crippen LogP contribution is -2.05. The lowest BCUT2D eigenvalue weighted by atomic mass is 10.0. The Morgan fingerprint density at radius 2 is 2.11 bits per heavy atom. The number of rotatable bonds is 1. The van der Waals surface area contributed by atoms with Crippen molar-refractivity contribution >= 4 is 22.6 Å². The number of alkyl halides is 1. The largest absolute Gasteiger partial charge is 0.0826 e. The van der Waals surface area contributed by atoms with E-state index in [-0.39, 0.29) is 0 Å². The topological polar surface area (TPSA) is 0 Å². The van der Waals surface area contributed by atoms with Crippen LogP contribution < -0.4 is 0 Å². The Morgan fingerprint density at radius 3 is 2.33 bits per heavy atom. The maximum absolute atomic E-state index is 2.55. The molecule has 0 aromatic carbocycles. The van der Waals surface area contributed by atoms with Crippen LogP contribution in [0.15, 0.2) is 0 Å². The summed E-state index contributed by atoms with van der Waals surface area (Å²) >= 11 is 2.55. The fraction of sp³-hybridized carbons (Fsp3) is 1.00. The van der Waals surface area contributed by atoms with Crippen LogP contribution >= 0.6 is 22.6 Å². The third-order valence-corrected chi connectivity index (χ3v) is 3.40. The van der Waals surface area contributed by atoms with Gasteiger partial charge in [0.15, 0.2) is 0 Å². The predicted octanol–water partition coefficient (Wildman–Crippen LogP) is 3.25. The second-order valence-corrected chi connectivity index (χ2v) is 5.32. The van der Waals surface area contributed by atoms with Gasteiger partial charge in [-0.2, -0.15) is 0 Å². The highest BCUT2D eigenvalue weighted by Crippen LogP contribution is 2.35. The van der Waals surface area contributed by atoms with Crippen LogP contribution in [0.1, 0.15) is 33.1 Å². The molecular formula is C8H15I. The summed E-state index contributed by atoms with van der Waals surface area (Å²) in [6.07, 6.45) is 4.42. The molecule has 54 valence electrons. The summed E-state index contributed by atoms with van der Waals surface area (Å²) in [5.74, 6) is 2.04. The second kappa shape index (κ2) is 3.22. The average Bonchev–Trinajstić information content (AvgIpc) is 2.14. The Morgan fingerprint density at radius 1 is 1.44 bits per heavy atom. The molecular weight excluding hydrogens is 223 g/mol. The molecule has 0 saturated heterocycles. The van der Waals surface area contributed by atoms with Crippen LogP contribution in [0.25, 0.3) is 0 Å². The molecule has 9 heavy (non-hydrogen) atoms. The van der Waals surface area contributed by atoms with Crippen LogP contribution in [0.5, 0.6) is 0 Å². The highest BCUT2D eigenvalue weighted by atomic mass is 127. The Balaban J connectivity index is 2.30. The van der Waals surface area contributed by atoms with E-state index in [9.17, 15) is 0 Å². The zero-order chi connectivity index (χ0) is 6.85. The molecule has 0 nitrogen and oxygen atoms in total. The molecule has 0 spiro atoms. The van der Waals surface area contributed by atoms with Gasteiger partial charge >= 0.3 is 0 Å². The van der Waals surface area contributed by atoms with Crippen molar-refractivity contribution in [2.24, 2.45) is 11.8 Å². The number of hydrogen-bond donors (Lipinski definition) is 0. The molecule has 3 atom stereocenters. The van der Waals surface area contributed by atoms with Gasteiger partial charge in [-0.05, 0) is 24.7 Å². The van der Waals surface area contributed by atoms with Crippen LogP contribution in [-0.4, -0.2) is 3.92 Å². The van der Waals surface area contributed by atoms with E-state index in [0.717, 1.165) is 15.8 Å². The van der Waals surface area contributed by atoms with Crippen molar-refractivity contribution in [3.63, 3.8) is 0 Å². The van der Waals surface area contributed by atoms with Gasteiger partial charge in [-0.1, -0.05) is 42.9 Å². The Kier molecular flexibility index (Phi) is 2.80. The maximum atomic E-state index is 2.55. The van der Waals surface area contributed by atoms with Crippen molar-refractivity contribution in [1.82, 2.24) is 0 Å². The van der Waals surface area contributed by atoms with Crippen molar-refractivity contribution in [1.29, 1.82) is 0 Å². The zero-order valence-corrected chi connectivity index (χ0v) is 8.39. The molecule has 1 aliphatic rings. The molecule has 0 aromatic heterocycles. The van der Waals surface area contributed by atoms with Gasteiger partial charge in [0.25, 0.3) is 0 Å². The highest BCUT2D eigenvalue weighted by molar-refractivity contribution is 14.1. The Hall–Kier alpha value is 0.730. The summed E-state index contributed by atoms with van der Waals surface area (Å²) in [6, 6.07) is 0. The van der Waals surface area contributed by atoms with Crippen molar-refractivity contribution in [3.8, 4) is 0 Å². The van der Waals surface area contributed by atoms with Crippen LogP contribution in [0.2, 0.25) is 0 Å². The minimum absolute atomic E-state index is 0.896. The van der Waals surface area contributed by atoms with Gasteiger partial charge < -0.3 is 0 Å². The first-order chi connectivity index (χ1) is 4.20. The molecule has 1 heteroatoms. The lowest BCUT2D eigenvalue weighted by molar-refractivity contribution is 0.522. The number of hydrogen-bond acceptors (Lipinski definition) is 0. The second-order valence-electron chi connectivity index (χ2n) is 3.36. The van der Waals surface area contributed by atoms with E-state index >= 15 is 0 Å². The van der Waals surface area contributed by atoms with E-state index < -0.39 is 0 Å². The Bertz CT molecular complexity index is 88.6. The molecule has 0 N–H and O–H groups in total. The first-order valence-corrected chi connectivity index (χ1v) is 5.08. The normalized spacial score (nSPS) is 39.0. The summed E-state index contributed by atoms with van der Waals surface area (Å²) < 4.78 is 0.896. The van der Waals surface area contributed by atoms with E-state index in [1.54, 1.807) is 0 Å². The summed E-state index contributed by atoms with van der Waals surface area (Å²) in [5, 5.41) is 0. The molecule has 0 radical (unpaired) electrons. The Labute approximate surface area is 71.5 Å². The molecule has 0 heterocycles. The van der Waals surface area contributed by atoms with Gasteiger partial charge in [-0.25, -0.2) is 0 Å². The molecule has 1 fully saturated rings. The van der Waals surface area contributed by atoms with Gasteiger partial charge in [0.1, 0.15) is 0 Å². The van der Waals surface area contributed by atoms with E-state index in [0.29, 0.717) is 0 Å². The average molecular weight is 238 g/mol. The lowest BCUT2D eigenvalue weighted by Gasteiger charge is -2.10. The summed E-state index contributed by atoms with van der Waals surface area (Å²) in [4.78, 5) is 0. The molecule has 0 aliphatic heterocycles. The van der Waals surface area contributed by atoms with Gasteiger partial charge in [0.2, 0.25) is 0 Å². The summed E-state index contributed by atoms with van der Waals surface area (Å²) in [5.41, 5.74) is 0.